The third-order valence-corrected chi connectivity index (χ3v) is 12.3. The summed E-state index contributed by atoms with van der Waals surface area (Å²) in [5.41, 5.74) is 3.39. The van der Waals surface area contributed by atoms with Crippen LogP contribution < -0.4 is 14.4 Å². The summed E-state index contributed by atoms with van der Waals surface area (Å²) in [6, 6.07) is 11.2. The SMILES string of the molecule is C[C@@H]1[C@@H](C)CCCC2(OCCO2)[C@@H]2CC[C@H]2CN2CCCCc3cc(Cl)ccc3COc3ccc(cc32)C(=O)NS1(=O)=O. The highest BCUT2D eigenvalue weighted by Crippen LogP contribution is 2.49. The maximum atomic E-state index is 13.4. The van der Waals surface area contributed by atoms with Gasteiger partial charge >= 0.3 is 0 Å². The fraction of sp³-hybridized carbons (Fsp3) is 0.606. The van der Waals surface area contributed by atoms with E-state index in [1.807, 2.05) is 25.1 Å². The van der Waals surface area contributed by atoms with Crippen molar-refractivity contribution in [1.29, 1.82) is 0 Å². The molecule has 1 spiro atoms. The molecule has 2 aromatic rings. The molecule has 1 N–H and O–H groups in total. The number of halogens is 1. The zero-order chi connectivity index (χ0) is 30.2. The van der Waals surface area contributed by atoms with E-state index >= 15 is 0 Å². The molecule has 4 atom stereocenters. The summed E-state index contributed by atoms with van der Waals surface area (Å²) in [7, 11) is -3.89. The quantitative estimate of drug-likeness (QED) is 0.376. The lowest BCUT2D eigenvalue weighted by Gasteiger charge is -2.49. The van der Waals surface area contributed by atoms with E-state index in [2.05, 4.69) is 9.62 Å². The maximum Gasteiger partial charge on any atom is 0.264 e. The molecule has 1 amide bonds. The number of benzene rings is 2. The van der Waals surface area contributed by atoms with E-state index in [0.29, 0.717) is 43.5 Å². The highest BCUT2D eigenvalue weighted by Gasteiger charge is 2.51. The van der Waals surface area contributed by atoms with Crippen molar-refractivity contribution in [2.75, 3.05) is 31.2 Å². The number of fused-ring (bicyclic) bond motifs is 4. The van der Waals surface area contributed by atoms with E-state index < -0.39 is 27.0 Å². The number of carbonyl (C=O) groups is 1. The van der Waals surface area contributed by atoms with Crippen molar-refractivity contribution < 1.29 is 27.4 Å². The molecule has 6 rings (SSSR count). The Morgan fingerprint density at radius 2 is 1.79 bits per heavy atom. The molecule has 234 valence electrons. The van der Waals surface area contributed by atoms with Crippen molar-refractivity contribution in [3.8, 4) is 5.75 Å². The molecule has 3 heterocycles. The Bertz CT molecular complexity index is 1440. The third-order valence-electron chi connectivity index (χ3n) is 10.2. The number of anilines is 1. The van der Waals surface area contributed by atoms with Gasteiger partial charge in [-0.25, -0.2) is 13.1 Å². The fourth-order valence-electron chi connectivity index (χ4n) is 7.24. The van der Waals surface area contributed by atoms with Gasteiger partial charge in [-0.1, -0.05) is 24.6 Å². The van der Waals surface area contributed by atoms with Gasteiger partial charge in [0.2, 0.25) is 10.0 Å². The molecule has 2 fully saturated rings. The summed E-state index contributed by atoms with van der Waals surface area (Å²) in [5, 5.41) is -0.00819. The van der Waals surface area contributed by atoms with Crippen molar-refractivity contribution in [2.24, 2.45) is 17.8 Å². The van der Waals surface area contributed by atoms with Crippen molar-refractivity contribution in [2.45, 2.75) is 82.9 Å². The zero-order valence-electron chi connectivity index (χ0n) is 25.1. The molecule has 0 aromatic heterocycles. The van der Waals surface area contributed by atoms with Gasteiger partial charge in [-0.15, -0.1) is 0 Å². The minimum atomic E-state index is -3.89. The summed E-state index contributed by atoms with van der Waals surface area (Å²) in [6.45, 7) is 6.73. The van der Waals surface area contributed by atoms with Crippen LogP contribution in [0.2, 0.25) is 5.02 Å². The number of hydrogen-bond acceptors (Lipinski definition) is 7. The first-order chi connectivity index (χ1) is 20.6. The van der Waals surface area contributed by atoms with Crippen LogP contribution in [-0.4, -0.2) is 51.7 Å². The number of hydrogen-bond donors (Lipinski definition) is 1. The summed E-state index contributed by atoms with van der Waals surface area (Å²) in [4.78, 5) is 15.7. The van der Waals surface area contributed by atoms with E-state index in [9.17, 15) is 13.2 Å². The molecule has 3 aliphatic heterocycles. The second-order valence-corrected chi connectivity index (χ2v) is 15.3. The first-order valence-electron chi connectivity index (χ1n) is 15.8. The first-order valence-corrected chi connectivity index (χ1v) is 17.7. The van der Waals surface area contributed by atoms with Gasteiger partial charge in [0.25, 0.3) is 5.91 Å². The minimum absolute atomic E-state index is 0.136. The molecule has 43 heavy (non-hydrogen) atoms. The van der Waals surface area contributed by atoms with Gasteiger partial charge in [0, 0.05) is 36.0 Å². The molecule has 2 aromatic carbocycles. The van der Waals surface area contributed by atoms with E-state index in [4.69, 9.17) is 25.8 Å². The Morgan fingerprint density at radius 1 is 0.977 bits per heavy atom. The minimum Gasteiger partial charge on any atom is -0.487 e. The third kappa shape index (κ3) is 6.42. The van der Waals surface area contributed by atoms with E-state index in [-0.39, 0.29) is 11.8 Å². The smallest absolute Gasteiger partial charge is 0.264 e. The number of nitrogens with one attached hydrogen (secondary N) is 1. The molecule has 0 radical (unpaired) electrons. The topological polar surface area (TPSA) is 94.2 Å². The Hall–Kier alpha value is -2.33. The van der Waals surface area contributed by atoms with E-state index in [0.717, 1.165) is 74.3 Å². The van der Waals surface area contributed by atoms with Gasteiger partial charge in [0.05, 0.1) is 24.2 Å². The van der Waals surface area contributed by atoms with Crippen molar-refractivity contribution in [1.82, 2.24) is 4.72 Å². The molecular formula is C33H43ClN2O6S. The standard InChI is InChI=1S/C33H43ClN2O6S/c1-22-6-5-14-33(41-16-17-42-33)29-12-9-26(29)20-36-15-4-3-7-24-18-28(34)11-8-27(24)21-40-31-13-10-25(19-30(31)36)32(37)35-43(38,39)23(22)2/h8,10-11,13,18-19,22-23,26,29H,3-7,9,12,14-17,20-21H2,1-2H3,(H,35,37)/t22-,23+,26-,29+/m0/s1. The molecule has 1 aliphatic carbocycles. The highest BCUT2D eigenvalue weighted by molar-refractivity contribution is 7.90. The monoisotopic (exact) mass is 630 g/mol. The van der Waals surface area contributed by atoms with E-state index in [1.165, 1.54) is 5.56 Å². The number of rotatable bonds is 0. The average molecular weight is 631 g/mol. The number of aryl methyl sites for hydroxylation is 1. The van der Waals surface area contributed by atoms with Crippen LogP contribution in [0.4, 0.5) is 5.69 Å². The number of carbonyl (C=O) groups excluding carboxylic acids is 1. The summed E-state index contributed by atoms with van der Waals surface area (Å²) < 4.78 is 48.2. The lowest BCUT2D eigenvalue weighted by atomic mass is 9.67. The number of amides is 1. The van der Waals surface area contributed by atoms with Crippen molar-refractivity contribution >= 4 is 33.2 Å². The number of nitrogens with zero attached hydrogens (tertiary/aromatic N) is 1. The van der Waals surface area contributed by atoms with Gasteiger partial charge < -0.3 is 19.1 Å². The summed E-state index contributed by atoms with van der Waals surface area (Å²) in [6.07, 6.45) is 7.20. The second kappa shape index (κ2) is 12.6. The molecular weight excluding hydrogens is 588 g/mol. The van der Waals surface area contributed by atoms with Crippen LogP contribution in [0.1, 0.15) is 80.3 Å². The summed E-state index contributed by atoms with van der Waals surface area (Å²) >= 11 is 6.34. The van der Waals surface area contributed by atoms with Crippen LogP contribution in [0.25, 0.3) is 0 Å². The van der Waals surface area contributed by atoms with Crippen LogP contribution in [0, 0.1) is 17.8 Å². The largest absolute Gasteiger partial charge is 0.487 e. The van der Waals surface area contributed by atoms with Gasteiger partial charge in [-0.3, -0.25) is 4.79 Å². The zero-order valence-corrected chi connectivity index (χ0v) is 26.7. The van der Waals surface area contributed by atoms with Gasteiger partial charge in [-0.05, 0) is 105 Å². The van der Waals surface area contributed by atoms with Crippen LogP contribution in [0.5, 0.6) is 5.75 Å². The predicted molar refractivity (Wildman–Crippen MR) is 167 cm³/mol. The normalized spacial score (nSPS) is 29.3. The molecule has 1 saturated carbocycles. The molecule has 2 bridgehead atoms. The lowest BCUT2D eigenvalue weighted by Crippen LogP contribution is -2.51. The van der Waals surface area contributed by atoms with Crippen LogP contribution in [-0.2, 0) is 32.5 Å². The molecule has 0 unspecified atom stereocenters. The van der Waals surface area contributed by atoms with Crippen LogP contribution in [0.3, 0.4) is 0 Å². The van der Waals surface area contributed by atoms with Gasteiger partial charge in [-0.2, -0.15) is 0 Å². The maximum absolute atomic E-state index is 13.4. The molecule has 4 aliphatic rings. The van der Waals surface area contributed by atoms with Gasteiger partial charge in [0.1, 0.15) is 12.4 Å². The second-order valence-electron chi connectivity index (χ2n) is 12.8. The van der Waals surface area contributed by atoms with Crippen molar-refractivity contribution in [3.63, 3.8) is 0 Å². The van der Waals surface area contributed by atoms with Crippen LogP contribution >= 0.6 is 11.6 Å². The Balaban J connectivity index is 1.39. The fourth-order valence-corrected chi connectivity index (χ4v) is 8.74. The molecule has 10 heteroatoms. The molecule has 8 nitrogen and oxygen atoms in total. The van der Waals surface area contributed by atoms with Crippen molar-refractivity contribution in [3.05, 3.63) is 58.1 Å². The summed E-state index contributed by atoms with van der Waals surface area (Å²) in [5.74, 6) is -0.0650. The number of sulfonamides is 1. The number of ether oxygens (including phenoxy) is 3. The Kier molecular flexibility index (Phi) is 8.98. The Morgan fingerprint density at radius 3 is 2.56 bits per heavy atom. The highest BCUT2D eigenvalue weighted by atomic mass is 35.5. The lowest BCUT2D eigenvalue weighted by molar-refractivity contribution is -0.232. The average Bonchev–Trinajstić information content (AvgIpc) is 3.42. The Labute approximate surface area is 260 Å². The predicted octanol–water partition coefficient (Wildman–Crippen LogP) is 6.10. The van der Waals surface area contributed by atoms with Crippen LogP contribution in [0.15, 0.2) is 36.4 Å². The van der Waals surface area contributed by atoms with Gasteiger partial charge in [0.15, 0.2) is 5.79 Å². The van der Waals surface area contributed by atoms with E-state index in [1.54, 1.807) is 25.1 Å². The first kappa shape index (κ1) is 30.7. The molecule has 1 saturated heterocycles.